The number of aromatic nitrogens is 2. The Morgan fingerprint density at radius 2 is 0.940 bits per heavy atom. The van der Waals surface area contributed by atoms with Gasteiger partial charge in [-0.15, -0.1) is 0 Å². The van der Waals surface area contributed by atoms with Crippen molar-refractivity contribution in [1.29, 1.82) is 0 Å². The molecule has 0 unspecified atom stereocenters. The minimum absolute atomic E-state index is 0.539. The quantitative estimate of drug-likeness (QED) is 0.172. The normalized spacial score (nSPS) is 11.1. The third-order valence-corrected chi connectivity index (χ3v) is 9.60. The van der Waals surface area contributed by atoms with Crippen molar-refractivity contribution in [2.45, 2.75) is 0 Å². The molecule has 230 valence electrons. The van der Waals surface area contributed by atoms with Crippen molar-refractivity contribution in [3.63, 3.8) is 0 Å². The molecule has 0 aliphatic rings. The average molecular weight is 636 g/mol. The van der Waals surface area contributed by atoms with Crippen molar-refractivity contribution in [2.24, 2.45) is 0 Å². The molecule has 2 aromatic heterocycles. The first-order valence-corrected chi connectivity index (χ1v) is 16.2. The Morgan fingerprint density at radius 3 is 1.56 bits per heavy atom. The van der Waals surface area contributed by atoms with Crippen LogP contribution >= 0.6 is 0 Å². The van der Waals surface area contributed by atoms with Crippen molar-refractivity contribution in [1.82, 2.24) is 9.13 Å². The molecule has 0 N–H and O–H groups in total. The summed E-state index contributed by atoms with van der Waals surface area (Å²) >= 11 is 0. The summed E-state index contributed by atoms with van der Waals surface area (Å²) in [6, 6.07) is 50.8. The van der Waals surface area contributed by atoms with Gasteiger partial charge in [-0.05, 0) is 64.0 Å². The van der Waals surface area contributed by atoms with Gasteiger partial charge in [0.25, 0.3) is 0 Å². The first-order valence-electron chi connectivity index (χ1n) is 16.2. The minimum atomic E-state index is 0.539. The van der Waals surface area contributed by atoms with E-state index in [0.29, 0.717) is 17.1 Å². The van der Waals surface area contributed by atoms with Crippen LogP contribution in [-0.4, -0.2) is 9.13 Å². The molecule has 0 aliphatic heterocycles. The van der Waals surface area contributed by atoms with E-state index in [9.17, 15) is 0 Å². The van der Waals surface area contributed by atoms with Crippen LogP contribution < -0.4 is 0 Å². The van der Waals surface area contributed by atoms with Gasteiger partial charge >= 0.3 is 0 Å². The van der Waals surface area contributed by atoms with E-state index in [-0.39, 0.29) is 0 Å². The van der Waals surface area contributed by atoms with E-state index in [2.05, 4.69) is 103 Å². The Kier molecular flexibility index (Phi) is 6.56. The molecule has 9 rings (SSSR count). The van der Waals surface area contributed by atoms with Gasteiger partial charge in [-0.2, -0.15) is 0 Å². The molecule has 7 aromatic carbocycles. The van der Waals surface area contributed by atoms with Crippen molar-refractivity contribution >= 4 is 60.7 Å². The topological polar surface area (TPSA) is 22.9 Å². The number of rotatable bonds is 4. The molecular weight excluding hydrogens is 611 g/mol. The first kappa shape index (κ1) is 28.8. The highest BCUT2D eigenvalue weighted by Crippen LogP contribution is 2.44. The van der Waals surface area contributed by atoms with Crippen LogP contribution in [0.1, 0.15) is 0 Å². The Morgan fingerprint density at radius 1 is 0.400 bits per heavy atom. The van der Waals surface area contributed by atoms with Gasteiger partial charge in [0.1, 0.15) is 0 Å². The molecule has 0 radical (unpaired) electrons. The van der Waals surface area contributed by atoms with Crippen LogP contribution in [0.5, 0.6) is 0 Å². The van der Waals surface area contributed by atoms with Crippen LogP contribution in [0.3, 0.4) is 0 Å². The summed E-state index contributed by atoms with van der Waals surface area (Å²) in [7, 11) is 0. The molecule has 9 aromatic rings. The van der Waals surface area contributed by atoms with Crippen molar-refractivity contribution in [2.75, 3.05) is 0 Å². The van der Waals surface area contributed by atoms with Gasteiger partial charge in [-0.3, -0.25) is 0 Å². The van der Waals surface area contributed by atoms with E-state index in [1.807, 2.05) is 72.8 Å². The predicted molar refractivity (Wildman–Crippen MR) is 205 cm³/mol. The van der Waals surface area contributed by atoms with Crippen LogP contribution in [-0.2, 0) is 0 Å². The molecule has 0 bridgehead atoms. The summed E-state index contributed by atoms with van der Waals surface area (Å²) in [6.45, 7) is 24.1. The van der Waals surface area contributed by atoms with Crippen LogP contribution in [0.25, 0.3) is 91.8 Å². The van der Waals surface area contributed by atoms with Gasteiger partial charge in [0, 0.05) is 16.2 Å². The van der Waals surface area contributed by atoms with Crippen molar-refractivity contribution in [3.05, 3.63) is 186 Å². The Bertz CT molecular complexity index is 2900. The van der Waals surface area contributed by atoms with Crippen LogP contribution in [0.15, 0.2) is 152 Å². The van der Waals surface area contributed by atoms with Crippen LogP contribution in [0.4, 0.5) is 17.1 Å². The van der Waals surface area contributed by atoms with Gasteiger partial charge in [0.2, 0.25) is 11.4 Å². The molecule has 2 heterocycles. The highest BCUT2D eigenvalue weighted by atomic mass is 15.0. The minimum Gasteiger partial charge on any atom is -0.319 e. The largest absolute Gasteiger partial charge is 0.319 e. The Hall–Kier alpha value is -7.39. The zero-order chi connectivity index (χ0) is 33.8. The van der Waals surface area contributed by atoms with E-state index in [1.165, 1.54) is 0 Å². The highest BCUT2D eigenvalue weighted by Gasteiger charge is 2.20. The molecule has 0 atom stereocenters. The second-order valence-corrected chi connectivity index (χ2v) is 12.2. The summed E-state index contributed by atoms with van der Waals surface area (Å²) in [6.07, 6.45) is 0. The molecule has 0 saturated carbocycles. The lowest BCUT2D eigenvalue weighted by Crippen LogP contribution is -1.98. The molecule has 0 fully saturated rings. The molecular formula is C45H25N5. The van der Waals surface area contributed by atoms with Crippen molar-refractivity contribution in [3.8, 4) is 33.6 Å². The lowest BCUT2D eigenvalue weighted by atomic mass is 9.97. The fourth-order valence-electron chi connectivity index (χ4n) is 7.43. The summed E-state index contributed by atoms with van der Waals surface area (Å²) in [4.78, 5) is 11.8. The number of nitrogens with zero attached hydrogens (tertiary/aromatic N) is 5. The number of benzene rings is 7. The fraction of sp³-hybridized carbons (Fsp3) is 0. The fourth-order valence-corrected chi connectivity index (χ4v) is 7.43. The van der Waals surface area contributed by atoms with E-state index in [4.69, 9.17) is 19.7 Å². The van der Waals surface area contributed by atoms with Crippen LogP contribution in [0.2, 0.25) is 0 Å². The third-order valence-electron chi connectivity index (χ3n) is 9.60. The summed E-state index contributed by atoms with van der Waals surface area (Å²) in [5, 5.41) is 4.32. The maximum atomic E-state index is 8.34. The first-order chi connectivity index (χ1) is 24.7. The average Bonchev–Trinajstić information content (AvgIpc) is 3.69. The number of para-hydroxylation sites is 5. The third kappa shape index (κ3) is 4.24. The summed E-state index contributed by atoms with van der Waals surface area (Å²) in [5.41, 5.74) is 11.1. The van der Waals surface area contributed by atoms with E-state index < -0.39 is 0 Å². The molecule has 50 heavy (non-hydrogen) atoms. The SMILES string of the molecule is [C-]#[N+]c1ccc2c(c1)c1ccccc1n2-c1c([N+]#[C-])cccc1-c1ccc(-c2cccc(-n3c4ccccc4c4ccccc43)c2[N+]#[C-])cc1. The molecule has 0 aliphatic carbocycles. The zero-order valence-electron chi connectivity index (χ0n) is 26.7. The van der Waals surface area contributed by atoms with Gasteiger partial charge in [-0.1, -0.05) is 115 Å². The van der Waals surface area contributed by atoms with Gasteiger partial charge < -0.3 is 9.13 Å². The number of hydrogen-bond acceptors (Lipinski definition) is 0. The van der Waals surface area contributed by atoms with E-state index in [0.717, 1.165) is 77.2 Å². The van der Waals surface area contributed by atoms with Gasteiger partial charge in [-0.25, -0.2) is 14.5 Å². The second kappa shape index (κ2) is 11.4. The number of hydrogen-bond donors (Lipinski definition) is 0. The van der Waals surface area contributed by atoms with E-state index in [1.54, 1.807) is 0 Å². The maximum Gasteiger partial charge on any atom is 0.218 e. The molecule has 5 heteroatoms. The lowest BCUT2D eigenvalue weighted by Gasteiger charge is -2.17. The summed E-state index contributed by atoms with van der Waals surface area (Å²) in [5.74, 6) is 0. The smallest absolute Gasteiger partial charge is 0.218 e. The number of fused-ring (bicyclic) bond motifs is 6. The van der Waals surface area contributed by atoms with Gasteiger partial charge in [0.05, 0.1) is 53.2 Å². The molecule has 0 spiro atoms. The Labute approximate surface area is 288 Å². The molecule has 0 saturated heterocycles. The molecule has 0 amide bonds. The Balaban J connectivity index is 1.21. The lowest BCUT2D eigenvalue weighted by molar-refractivity contribution is 1.19. The summed E-state index contributed by atoms with van der Waals surface area (Å²) < 4.78 is 4.35. The second-order valence-electron chi connectivity index (χ2n) is 12.2. The zero-order valence-corrected chi connectivity index (χ0v) is 26.7. The molecule has 5 nitrogen and oxygen atoms in total. The van der Waals surface area contributed by atoms with Crippen molar-refractivity contribution < 1.29 is 0 Å². The maximum absolute atomic E-state index is 8.34. The highest BCUT2D eigenvalue weighted by molar-refractivity contribution is 6.12. The standard InChI is InChI=1S/C45H25N5/c1-46-31-26-27-42-37(28-31)36-14-6-9-20-41(36)50(42)45-33(16-10-17-38(45)47-2)30-24-22-29(23-25-30)32-15-11-21-43(44(32)48-3)49-39-18-7-4-12-34(39)35-13-5-8-19-40(35)49/h4-28H. The predicted octanol–water partition coefficient (Wildman–Crippen LogP) is 12.9. The monoisotopic (exact) mass is 635 g/mol. The van der Waals surface area contributed by atoms with E-state index >= 15 is 0 Å². The van der Waals surface area contributed by atoms with Gasteiger partial charge in [0.15, 0.2) is 5.69 Å². The van der Waals surface area contributed by atoms with Crippen LogP contribution in [0, 0.1) is 19.7 Å².